The fourth-order valence-electron chi connectivity index (χ4n) is 6.60. The van der Waals surface area contributed by atoms with E-state index in [1.54, 1.807) is 12.1 Å². The van der Waals surface area contributed by atoms with Crippen molar-refractivity contribution in [1.82, 2.24) is 10.2 Å². The molecule has 0 aromatic heterocycles. The first kappa shape index (κ1) is 34.3. The lowest BCUT2D eigenvalue weighted by atomic mass is 9.89. The number of nitrogens with one attached hydrogen (secondary N) is 2. The highest BCUT2D eigenvalue weighted by molar-refractivity contribution is 5.92. The van der Waals surface area contributed by atoms with Crippen molar-refractivity contribution in [1.29, 1.82) is 0 Å². The number of carbonyl (C=O) groups is 2. The number of urea groups is 1. The average Bonchev–Trinajstić information content (AvgIpc) is 3.64. The highest BCUT2D eigenvalue weighted by Crippen LogP contribution is 2.42. The van der Waals surface area contributed by atoms with Crippen molar-refractivity contribution in [2.24, 2.45) is 5.92 Å². The predicted octanol–water partition coefficient (Wildman–Crippen LogP) is 6.31. The smallest absolute Gasteiger partial charge is 0.328 e. The second kappa shape index (κ2) is 16.7. The predicted molar refractivity (Wildman–Crippen MR) is 182 cm³/mol. The van der Waals surface area contributed by atoms with Crippen LogP contribution in [0.1, 0.15) is 67.3 Å². The Morgan fingerprint density at radius 3 is 2.30 bits per heavy atom. The summed E-state index contributed by atoms with van der Waals surface area (Å²) in [6, 6.07) is 23.9. The molecule has 2 amide bonds. The largest absolute Gasteiger partial charge is 0.467 e. The second-order valence-electron chi connectivity index (χ2n) is 12.5. The van der Waals surface area contributed by atoms with Gasteiger partial charge in [-0.1, -0.05) is 92.6 Å². The van der Waals surface area contributed by atoms with E-state index in [4.69, 9.17) is 14.2 Å². The zero-order valence-corrected chi connectivity index (χ0v) is 27.3. The monoisotopic (exact) mass is 641 g/mol. The molecule has 1 saturated carbocycles. The van der Waals surface area contributed by atoms with Gasteiger partial charge >= 0.3 is 12.0 Å². The maximum absolute atomic E-state index is 12.9. The van der Waals surface area contributed by atoms with E-state index in [2.05, 4.69) is 29.0 Å². The van der Waals surface area contributed by atoms with Gasteiger partial charge in [0.1, 0.15) is 6.04 Å². The van der Waals surface area contributed by atoms with E-state index in [0.29, 0.717) is 18.2 Å². The molecule has 47 heavy (non-hydrogen) atoms. The van der Waals surface area contributed by atoms with Gasteiger partial charge in [-0.2, -0.15) is 0 Å². The molecule has 3 N–H and O–H groups in total. The topological polar surface area (TPSA) is 109 Å². The van der Waals surface area contributed by atoms with Crippen molar-refractivity contribution in [3.05, 3.63) is 114 Å². The van der Waals surface area contributed by atoms with Crippen LogP contribution in [-0.2, 0) is 32.0 Å². The number of aliphatic hydroxyl groups is 1. The van der Waals surface area contributed by atoms with Gasteiger partial charge < -0.3 is 30.0 Å². The lowest BCUT2D eigenvalue weighted by Gasteiger charge is -2.43. The molecule has 3 aromatic carbocycles. The lowest BCUT2D eigenvalue weighted by molar-refractivity contribution is -0.276. The standard InChI is InChI=1S/C38H47N3O6/c1-4-22-41(32-12-8-9-13-32)24-34-26(2)35(29-16-14-28(25-42)15-17-29)47-37(46-34)30-18-20-31(21-19-30)39-38(44)40-33(36(43)45-3)23-27-10-6-5-7-11-27/h4-7,10-11,14-21,26,32-35,37,42H,1,8-9,12-13,22-25H2,2-3H3,(H2,39,40,44)/t26-,33-,34+,35+,37+/m0/s1. The third-order valence-electron chi connectivity index (χ3n) is 9.26. The maximum atomic E-state index is 12.9. The Bertz CT molecular complexity index is 1440. The number of nitrogens with zero attached hydrogens (tertiary/aromatic N) is 1. The van der Waals surface area contributed by atoms with Crippen molar-refractivity contribution >= 4 is 17.7 Å². The second-order valence-corrected chi connectivity index (χ2v) is 12.5. The summed E-state index contributed by atoms with van der Waals surface area (Å²) < 4.78 is 18.3. The molecule has 9 heteroatoms. The number of hydrogen-bond acceptors (Lipinski definition) is 7. The van der Waals surface area contributed by atoms with Crippen molar-refractivity contribution in [2.75, 3.05) is 25.5 Å². The van der Waals surface area contributed by atoms with Crippen LogP contribution in [0.3, 0.4) is 0 Å². The Morgan fingerprint density at radius 1 is 0.979 bits per heavy atom. The number of carbonyl (C=O) groups excluding carboxylic acids is 2. The van der Waals surface area contributed by atoms with Gasteiger partial charge in [-0.05, 0) is 41.7 Å². The van der Waals surface area contributed by atoms with Gasteiger partial charge in [-0.25, -0.2) is 9.59 Å². The van der Waals surface area contributed by atoms with Crippen molar-refractivity contribution in [3.63, 3.8) is 0 Å². The number of ether oxygens (including phenoxy) is 3. The number of hydrogen-bond donors (Lipinski definition) is 3. The molecular formula is C38H47N3O6. The Labute approximate surface area is 277 Å². The highest BCUT2D eigenvalue weighted by atomic mass is 16.7. The Morgan fingerprint density at radius 2 is 1.66 bits per heavy atom. The van der Waals surface area contributed by atoms with E-state index < -0.39 is 24.3 Å². The molecular weight excluding hydrogens is 594 g/mol. The number of methoxy groups -OCH3 is 1. The van der Waals surface area contributed by atoms with E-state index in [1.165, 1.54) is 32.8 Å². The van der Waals surface area contributed by atoms with E-state index in [9.17, 15) is 14.7 Å². The molecule has 250 valence electrons. The number of aliphatic hydroxyl groups excluding tert-OH is 1. The minimum atomic E-state index is -0.835. The minimum Gasteiger partial charge on any atom is -0.467 e. The van der Waals surface area contributed by atoms with Gasteiger partial charge in [0, 0.05) is 42.7 Å². The fraction of sp³-hybridized carbons (Fsp3) is 0.421. The lowest BCUT2D eigenvalue weighted by Crippen LogP contribution is -2.47. The Hall–Kier alpha value is -4.02. The van der Waals surface area contributed by atoms with Crippen LogP contribution in [0.2, 0.25) is 0 Å². The summed E-state index contributed by atoms with van der Waals surface area (Å²) >= 11 is 0. The number of esters is 1. The van der Waals surface area contributed by atoms with Crippen LogP contribution >= 0.6 is 0 Å². The quantitative estimate of drug-likeness (QED) is 0.148. The molecule has 3 aromatic rings. The van der Waals surface area contributed by atoms with E-state index in [-0.39, 0.29) is 24.7 Å². The average molecular weight is 642 g/mol. The molecule has 1 heterocycles. The molecule has 2 fully saturated rings. The first-order valence-electron chi connectivity index (χ1n) is 16.5. The van der Waals surface area contributed by atoms with Crippen LogP contribution in [0.15, 0.2) is 91.5 Å². The van der Waals surface area contributed by atoms with Gasteiger partial charge in [-0.3, -0.25) is 4.90 Å². The van der Waals surface area contributed by atoms with Gasteiger partial charge in [0.25, 0.3) is 0 Å². The summed E-state index contributed by atoms with van der Waals surface area (Å²) in [5.74, 6) is -0.446. The molecule has 5 atom stereocenters. The SMILES string of the molecule is C=CCN(C[C@H]1O[C@@H](c2ccc(NC(=O)N[C@@H](Cc3ccccc3)C(=O)OC)cc2)O[C@@H](c2ccc(CO)cc2)[C@H]1C)C1CCCC1. The Balaban J connectivity index is 1.30. The summed E-state index contributed by atoms with van der Waals surface area (Å²) in [5, 5.41) is 15.1. The molecule has 1 aliphatic carbocycles. The van der Waals surface area contributed by atoms with Gasteiger partial charge in [0.15, 0.2) is 6.29 Å². The first-order chi connectivity index (χ1) is 22.9. The third kappa shape index (κ3) is 9.08. The molecule has 5 rings (SSSR count). The van der Waals surface area contributed by atoms with Gasteiger partial charge in [-0.15, -0.1) is 6.58 Å². The van der Waals surface area contributed by atoms with Crippen LogP contribution in [0.25, 0.3) is 0 Å². The maximum Gasteiger partial charge on any atom is 0.328 e. The normalized spacial score (nSPS) is 22.0. The number of rotatable bonds is 13. The summed E-state index contributed by atoms with van der Waals surface area (Å²) in [7, 11) is 1.31. The number of anilines is 1. The Kier molecular flexibility index (Phi) is 12.2. The van der Waals surface area contributed by atoms with Crippen molar-refractivity contribution < 1.29 is 28.9 Å². The van der Waals surface area contributed by atoms with Gasteiger partial charge in [0.2, 0.25) is 0 Å². The summed E-state index contributed by atoms with van der Waals surface area (Å²) in [5.41, 5.74) is 4.19. The molecule has 2 aliphatic rings. The highest BCUT2D eigenvalue weighted by Gasteiger charge is 2.40. The molecule has 1 aliphatic heterocycles. The molecule has 1 saturated heterocycles. The van der Waals surface area contributed by atoms with Crippen molar-refractivity contribution in [3.8, 4) is 0 Å². The zero-order chi connectivity index (χ0) is 33.2. The minimum absolute atomic E-state index is 0.0115. The number of amides is 2. The fourth-order valence-corrected chi connectivity index (χ4v) is 6.60. The van der Waals surface area contributed by atoms with E-state index in [0.717, 1.165) is 35.3 Å². The van der Waals surface area contributed by atoms with Crippen LogP contribution in [0.5, 0.6) is 0 Å². The molecule has 0 bridgehead atoms. The first-order valence-corrected chi connectivity index (χ1v) is 16.5. The summed E-state index contributed by atoms with van der Waals surface area (Å²) in [4.78, 5) is 27.8. The van der Waals surface area contributed by atoms with Crippen molar-refractivity contribution in [2.45, 2.75) is 76.2 Å². The summed E-state index contributed by atoms with van der Waals surface area (Å²) in [6.45, 7) is 7.76. The van der Waals surface area contributed by atoms with Gasteiger partial charge in [0.05, 0.1) is 25.9 Å². The van der Waals surface area contributed by atoms with E-state index >= 15 is 0 Å². The van der Waals surface area contributed by atoms with Crippen LogP contribution in [0.4, 0.5) is 10.5 Å². The third-order valence-corrected chi connectivity index (χ3v) is 9.26. The molecule has 0 spiro atoms. The van der Waals surface area contributed by atoms with Crippen LogP contribution in [0, 0.1) is 5.92 Å². The van der Waals surface area contributed by atoms with Crippen LogP contribution < -0.4 is 10.6 Å². The molecule has 0 radical (unpaired) electrons. The number of benzene rings is 3. The van der Waals surface area contributed by atoms with E-state index in [1.807, 2.05) is 72.8 Å². The van der Waals surface area contributed by atoms with Crippen LogP contribution in [-0.4, -0.2) is 60.4 Å². The summed E-state index contributed by atoms with van der Waals surface area (Å²) in [6.07, 6.45) is 6.23. The zero-order valence-electron chi connectivity index (χ0n) is 27.3. The molecule has 0 unspecified atom stereocenters. The molecule has 9 nitrogen and oxygen atoms in total.